The number of anilines is 1. The van der Waals surface area contributed by atoms with Gasteiger partial charge in [0.05, 0.1) is 22.7 Å². The zero-order valence-corrected chi connectivity index (χ0v) is 14.0. The number of Topliss-reactive ketones (excluding diaryl/α,β-unsaturated/α-hetero) is 1. The molecule has 3 aliphatic rings. The van der Waals surface area contributed by atoms with E-state index >= 15 is 0 Å². The highest BCUT2D eigenvalue weighted by atomic mass is 16.1. The zero-order chi connectivity index (χ0) is 16.8. The first-order chi connectivity index (χ1) is 12.3. The van der Waals surface area contributed by atoms with Gasteiger partial charge in [-0.25, -0.2) is 4.99 Å². The minimum absolute atomic E-state index is 0.130. The number of hydrogen-bond acceptors (Lipinski definition) is 3. The largest absolute Gasteiger partial charge is 0.356 e. The van der Waals surface area contributed by atoms with Gasteiger partial charge in [0, 0.05) is 23.1 Å². The number of fused-ring (bicyclic) bond motifs is 3. The summed E-state index contributed by atoms with van der Waals surface area (Å²) in [6.45, 7) is 0. The number of aliphatic imine (C=N–C) groups is 1. The summed E-state index contributed by atoms with van der Waals surface area (Å²) < 4.78 is 0. The first kappa shape index (κ1) is 14.6. The maximum atomic E-state index is 13.3. The summed E-state index contributed by atoms with van der Waals surface area (Å²) >= 11 is 0. The molecule has 1 saturated carbocycles. The Hall–Kier alpha value is -2.68. The van der Waals surface area contributed by atoms with Crippen molar-refractivity contribution in [3.8, 4) is 0 Å². The van der Waals surface area contributed by atoms with E-state index in [1.54, 1.807) is 0 Å². The van der Waals surface area contributed by atoms with E-state index in [0.717, 1.165) is 53.2 Å². The van der Waals surface area contributed by atoms with E-state index < -0.39 is 0 Å². The standard InChI is InChI=1S/C22H20N2O/c25-22-16-11-5-4-10-15(16)21-19(22)20(14-8-2-1-3-9-14)23-17-12-6-7-13-18(17)24-21/h1-3,6-9,12-13,15-16,24H,4-5,10-11H2. The molecule has 0 amide bonds. The van der Waals surface area contributed by atoms with Crippen molar-refractivity contribution in [1.29, 1.82) is 0 Å². The fourth-order valence-electron chi connectivity index (χ4n) is 4.50. The van der Waals surface area contributed by atoms with Gasteiger partial charge < -0.3 is 5.32 Å². The van der Waals surface area contributed by atoms with E-state index in [1.165, 1.54) is 6.42 Å². The Kier molecular flexibility index (Phi) is 3.34. The quantitative estimate of drug-likeness (QED) is 0.811. The third kappa shape index (κ3) is 2.26. The first-order valence-corrected chi connectivity index (χ1v) is 9.12. The Balaban J connectivity index is 1.74. The van der Waals surface area contributed by atoms with Crippen LogP contribution >= 0.6 is 0 Å². The average molecular weight is 328 g/mol. The predicted octanol–water partition coefficient (Wildman–Crippen LogP) is 4.88. The number of nitrogens with zero attached hydrogens (tertiary/aromatic N) is 1. The van der Waals surface area contributed by atoms with Crippen molar-refractivity contribution in [3.05, 3.63) is 71.4 Å². The SMILES string of the molecule is O=C1C2=C(Nc3ccccc3N=C2c2ccccc2)C2CCCCC12. The molecule has 25 heavy (non-hydrogen) atoms. The van der Waals surface area contributed by atoms with E-state index in [1.807, 2.05) is 48.5 Å². The summed E-state index contributed by atoms with van der Waals surface area (Å²) in [7, 11) is 0. The molecule has 2 aromatic rings. The Labute approximate surface area is 147 Å². The van der Waals surface area contributed by atoms with Crippen LogP contribution in [0.1, 0.15) is 31.2 Å². The summed E-state index contributed by atoms with van der Waals surface area (Å²) in [6.07, 6.45) is 4.45. The number of carbonyl (C=O) groups excluding carboxylic acids is 1. The number of hydrogen-bond donors (Lipinski definition) is 1. The molecule has 0 spiro atoms. The zero-order valence-electron chi connectivity index (χ0n) is 14.0. The summed E-state index contributed by atoms with van der Waals surface area (Å²) in [5, 5.41) is 3.59. The normalized spacial score (nSPS) is 24.6. The lowest BCUT2D eigenvalue weighted by molar-refractivity contribution is -0.119. The molecule has 124 valence electrons. The third-order valence-corrected chi connectivity index (χ3v) is 5.68. The average Bonchev–Trinajstić information content (AvgIpc) is 2.84. The lowest BCUT2D eigenvalue weighted by Crippen LogP contribution is -2.24. The number of para-hydroxylation sites is 2. The molecule has 2 unspecified atom stereocenters. The number of ketones is 1. The Morgan fingerprint density at radius 3 is 2.44 bits per heavy atom. The van der Waals surface area contributed by atoms with Crippen molar-refractivity contribution in [3.63, 3.8) is 0 Å². The van der Waals surface area contributed by atoms with Crippen LogP contribution in [-0.4, -0.2) is 11.5 Å². The van der Waals surface area contributed by atoms with Gasteiger partial charge in [-0.15, -0.1) is 0 Å². The fraction of sp³-hybridized carbons (Fsp3) is 0.273. The van der Waals surface area contributed by atoms with Gasteiger partial charge in [0.2, 0.25) is 0 Å². The molecular formula is C22H20N2O. The van der Waals surface area contributed by atoms with Crippen LogP contribution in [-0.2, 0) is 4.79 Å². The van der Waals surface area contributed by atoms with E-state index in [0.29, 0.717) is 5.92 Å². The maximum Gasteiger partial charge on any atom is 0.170 e. The molecule has 1 aliphatic heterocycles. The van der Waals surface area contributed by atoms with Gasteiger partial charge in [0.1, 0.15) is 0 Å². The van der Waals surface area contributed by atoms with Gasteiger partial charge in [-0.05, 0) is 25.0 Å². The van der Waals surface area contributed by atoms with Crippen LogP contribution in [0, 0.1) is 11.8 Å². The van der Waals surface area contributed by atoms with Gasteiger partial charge in [-0.2, -0.15) is 0 Å². The molecule has 5 rings (SSSR count). The van der Waals surface area contributed by atoms with Crippen molar-refractivity contribution in [2.24, 2.45) is 16.8 Å². The second kappa shape index (κ2) is 5.69. The van der Waals surface area contributed by atoms with Crippen molar-refractivity contribution in [1.82, 2.24) is 0 Å². The molecule has 0 saturated heterocycles. The molecule has 0 radical (unpaired) electrons. The summed E-state index contributed by atoms with van der Waals surface area (Å²) in [5.41, 5.74) is 5.66. The van der Waals surface area contributed by atoms with Gasteiger partial charge in [0.25, 0.3) is 0 Å². The lowest BCUT2D eigenvalue weighted by atomic mass is 9.79. The van der Waals surface area contributed by atoms with Gasteiger partial charge in [0.15, 0.2) is 5.78 Å². The number of carbonyl (C=O) groups is 1. The van der Waals surface area contributed by atoms with Crippen LogP contribution < -0.4 is 5.32 Å². The molecule has 3 heteroatoms. The highest BCUT2D eigenvalue weighted by Crippen LogP contribution is 2.47. The minimum atomic E-state index is 0.130. The van der Waals surface area contributed by atoms with Gasteiger partial charge >= 0.3 is 0 Å². The van der Waals surface area contributed by atoms with E-state index in [2.05, 4.69) is 11.4 Å². The van der Waals surface area contributed by atoms with Gasteiger partial charge in [-0.3, -0.25) is 4.79 Å². The summed E-state index contributed by atoms with van der Waals surface area (Å²) in [4.78, 5) is 18.2. The number of nitrogens with one attached hydrogen (secondary N) is 1. The molecular weight excluding hydrogens is 308 g/mol. The van der Waals surface area contributed by atoms with Crippen LogP contribution in [0.2, 0.25) is 0 Å². The molecule has 1 N–H and O–H groups in total. The van der Waals surface area contributed by atoms with Crippen molar-refractivity contribution < 1.29 is 4.79 Å². The second-order valence-corrected chi connectivity index (χ2v) is 7.12. The highest BCUT2D eigenvalue weighted by molar-refractivity contribution is 6.32. The van der Waals surface area contributed by atoms with E-state index in [4.69, 9.17) is 4.99 Å². The van der Waals surface area contributed by atoms with E-state index in [9.17, 15) is 4.79 Å². The molecule has 0 bridgehead atoms. The van der Waals surface area contributed by atoms with Crippen molar-refractivity contribution in [2.75, 3.05) is 5.32 Å². The second-order valence-electron chi connectivity index (χ2n) is 7.12. The molecule has 0 aromatic heterocycles. The Morgan fingerprint density at radius 1 is 0.880 bits per heavy atom. The van der Waals surface area contributed by atoms with Crippen LogP contribution in [0.5, 0.6) is 0 Å². The first-order valence-electron chi connectivity index (χ1n) is 9.12. The van der Waals surface area contributed by atoms with Crippen LogP contribution in [0.15, 0.2) is 70.9 Å². The van der Waals surface area contributed by atoms with Crippen LogP contribution in [0.25, 0.3) is 0 Å². The molecule has 1 fully saturated rings. The molecule has 1 heterocycles. The summed E-state index contributed by atoms with van der Waals surface area (Å²) in [5.74, 6) is 0.726. The van der Waals surface area contributed by atoms with E-state index in [-0.39, 0.29) is 11.7 Å². The minimum Gasteiger partial charge on any atom is -0.356 e. The smallest absolute Gasteiger partial charge is 0.170 e. The Morgan fingerprint density at radius 2 is 1.60 bits per heavy atom. The third-order valence-electron chi connectivity index (χ3n) is 5.68. The molecule has 2 atom stereocenters. The lowest BCUT2D eigenvalue weighted by Gasteiger charge is -2.26. The fourth-order valence-corrected chi connectivity index (χ4v) is 4.50. The monoisotopic (exact) mass is 328 g/mol. The van der Waals surface area contributed by atoms with Crippen molar-refractivity contribution >= 4 is 22.9 Å². The highest BCUT2D eigenvalue weighted by Gasteiger charge is 2.45. The number of rotatable bonds is 1. The maximum absolute atomic E-state index is 13.3. The Bertz CT molecular complexity index is 911. The van der Waals surface area contributed by atoms with Gasteiger partial charge in [-0.1, -0.05) is 55.3 Å². The van der Waals surface area contributed by atoms with Crippen LogP contribution in [0.4, 0.5) is 11.4 Å². The predicted molar refractivity (Wildman–Crippen MR) is 100 cm³/mol. The summed E-state index contributed by atoms with van der Waals surface area (Å²) in [6, 6.07) is 18.2. The molecule has 3 nitrogen and oxygen atoms in total. The topological polar surface area (TPSA) is 41.5 Å². The number of allylic oxidation sites excluding steroid dienone is 2. The molecule has 2 aromatic carbocycles. The molecule has 2 aliphatic carbocycles. The number of benzene rings is 2. The van der Waals surface area contributed by atoms with Crippen LogP contribution in [0.3, 0.4) is 0 Å². The van der Waals surface area contributed by atoms with Crippen molar-refractivity contribution in [2.45, 2.75) is 25.7 Å².